The smallest absolute Gasteiger partial charge is 0.201 e. The number of hydrogen-bond donors (Lipinski definition) is 4. The first-order chi connectivity index (χ1) is 19.9. The Morgan fingerprint density at radius 3 is 1.10 bits per heavy atom. The first-order valence-corrected chi connectivity index (χ1v) is 12.6. The zero-order valence-electron chi connectivity index (χ0n) is 22.7. The summed E-state index contributed by atoms with van der Waals surface area (Å²) in [6.45, 7) is 3.24. The molecule has 0 spiro atoms. The van der Waals surface area contributed by atoms with Gasteiger partial charge in [-0.05, 0) is 49.2 Å². The molecule has 0 saturated heterocycles. The summed E-state index contributed by atoms with van der Waals surface area (Å²) in [6.07, 6.45) is 0. The third-order valence-electron chi connectivity index (χ3n) is 7.61. The Balaban J connectivity index is 1.79. The first-order valence-electron chi connectivity index (χ1n) is 12.6. The van der Waals surface area contributed by atoms with Crippen LogP contribution >= 0.6 is 0 Å². The average molecular weight is 567 g/mol. The zero-order chi connectivity index (χ0) is 30.4. The van der Waals surface area contributed by atoms with Gasteiger partial charge in [0.1, 0.15) is 34.5 Å². The van der Waals surface area contributed by atoms with E-state index in [2.05, 4.69) is 0 Å². The van der Waals surface area contributed by atoms with Crippen molar-refractivity contribution >= 4 is 23.1 Å². The van der Waals surface area contributed by atoms with Gasteiger partial charge in [0.25, 0.3) is 0 Å². The van der Waals surface area contributed by atoms with Gasteiger partial charge in [0.05, 0.1) is 36.5 Å². The van der Waals surface area contributed by atoms with E-state index in [1.807, 2.05) is 0 Å². The van der Waals surface area contributed by atoms with Gasteiger partial charge < -0.3 is 29.9 Å². The highest BCUT2D eigenvalue weighted by Gasteiger charge is 2.43. The van der Waals surface area contributed by atoms with Crippen LogP contribution in [0.15, 0.2) is 36.4 Å². The van der Waals surface area contributed by atoms with E-state index in [0.717, 1.165) is 12.1 Å². The molecule has 0 atom stereocenters. The maximum absolute atomic E-state index is 14.1. The highest BCUT2D eigenvalue weighted by molar-refractivity contribution is 6.35. The third-order valence-corrected chi connectivity index (χ3v) is 7.61. The van der Waals surface area contributed by atoms with Crippen LogP contribution in [0.5, 0.6) is 34.5 Å². The van der Waals surface area contributed by atoms with Gasteiger partial charge in [-0.1, -0.05) is 0 Å². The number of carbonyl (C=O) groups is 4. The van der Waals surface area contributed by atoms with Gasteiger partial charge in [-0.2, -0.15) is 0 Å². The first kappa shape index (κ1) is 26.6. The molecule has 2 aliphatic rings. The molecule has 6 rings (SSSR count). The Labute approximate surface area is 238 Å². The number of methoxy groups -OCH3 is 2. The van der Waals surface area contributed by atoms with Crippen LogP contribution in [0.2, 0.25) is 0 Å². The molecule has 42 heavy (non-hydrogen) atoms. The summed E-state index contributed by atoms with van der Waals surface area (Å²) in [7, 11) is 2.49. The van der Waals surface area contributed by atoms with Crippen LogP contribution < -0.4 is 9.47 Å². The van der Waals surface area contributed by atoms with E-state index in [4.69, 9.17) is 9.47 Å². The van der Waals surface area contributed by atoms with E-state index in [1.54, 1.807) is 13.8 Å². The Bertz CT molecular complexity index is 1840. The van der Waals surface area contributed by atoms with Crippen molar-refractivity contribution in [1.82, 2.24) is 0 Å². The third kappa shape index (κ3) is 3.38. The fraction of sp³-hybridized carbons (Fsp3) is 0.125. The van der Waals surface area contributed by atoms with Crippen LogP contribution in [0.25, 0.3) is 11.1 Å². The van der Waals surface area contributed by atoms with E-state index >= 15 is 0 Å². The average Bonchev–Trinajstić information content (AvgIpc) is 2.92. The molecule has 4 aromatic rings. The maximum atomic E-state index is 14.1. The van der Waals surface area contributed by atoms with Crippen molar-refractivity contribution in [2.45, 2.75) is 13.8 Å². The van der Waals surface area contributed by atoms with Crippen LogP contribution in [0.3, 0.4) is 0 Å². The molecule has 0 amide bonds. The van der Waals surface area contributed by atoms with Gasteiger partial charge >= 0.3 is 0 Å². The summed E-state index contributed by atoms with van der Waals surface area (Å²) in [5.41, 5.74) is -1.80. The Kier molecular flexibility index (Phi) is 5.65. The minimum atomic E-state index is -0.849. The van der Waals surface area contributed by atoms with Crippen LogP contribution in [0.1, 0.15) is 74.8 Å². The fourth-order valence-electron chi connectivity index (χ4n) is 5.91. The number of hydrogen-bond acceptors (Lipinski definition) is 10. The molecule has 0 heterocycles. The molecule has 0 bridgehead atoms. The lowest BCUT2D eigenvalue weighted by Gasteiger charge is -2.28. The lowest BCUT2D eigenvalue weighted by molar-refractivity contribution is 0.0972. The van der Waals surface area contributed by atoms with Crippen LogP contribution in [-0.4, -0.2) is 57.8 Å². The molecule has 10 heteroatoms. The lowest BCUT2D eigenvalue weighted by Crippen LogP contribution is -2.25. The van der Waals surface area contributed by atoms with Crippen molar-refractivity contribution in [3.63, 3.8) is 0 Å². The number of ketones is 4. The highest BCUT2D eigenvalue weighted by Crippen LogP contribution is 2.52. The Hall–Kier alpha value is -5.64. The summed E-state index contributed by atoms with van der Waals surface area (Å²) >= 11 is 0. The number of fused-ring (bicyclic) bond motifs is 4. The Morgan fingerprint density at radius 1 is 0.429 bits per heavy atom. The molecule has 0 saturated carbocycles. The number of phenols is 4. The highest BCUT2D eigenvalue weighted by atomic mass is 16.5. The van der Waals surface area contributed by atoms with Crippen molar-refractivity contribution in [3.05, 3.63) is 92.0 Å². The SMILES string of the molecule is COc1cc(O)c2c(c1-c1c(OC)cc(O)c3c1C(=O)c1cc(C)cc(O)c1C3=O)C(=O)c1cc(C)cc(O)c1C2=O. The topological polar surface area (TPSA) is 168 Å². The van der Waals surface area contributed by atoms with Gasteiger partial charge in [-0.3, -0.25) is 19.2 Å². The fourth-order valence-corrected chi connectivity index (χ4v) is 5.91. The Morgan fingerprint density at radius 2 is 0.762 bits per heavy atom. The second kappa shape index (κ2) is 8.93. The molecule has 0 aromatic heterocycles. The van der Waals surface area contributed by atoms with Gasteiger partial charge in [0, 0.05) is 45.5 Å². The standard InChI is InChI=1S/C32H22O10/c1-11-5-13-21(15(33)7-11)31(39)23-17(35)9-19(41-3)25(27(23)29(13)37)26-20(42-4)10-18(36)24-28(26)30(38)14-6-12(2)8-16(34)22(14)32(24)40/h5-10,33-36H,1-4H3. The molecule has 4 N–H and O–H groups in total. The van der Waals surface area contributed by atoms with Crippen molar-refractivity contribution in [2.24, 2.45) is 0 Å². The van der Waals surface area contributed by atoms with E-state index in [9.17, 15) is 39.6 Å². The lowest BCUT2D eigenvalue weighted by atomic mass is 9.74. The molecular weight excluding hydrogens is 544 g/mol. The molecule has 0 unspecified atom stereocenters. The zero-order valence-corrected chi connectivity index (χ0v) is 22.7. The largest absolute Gasteiger partial charge is 0.507 e. The summed E-state index contributed by atoms with van der Waals surface area (Å²) in [4.78, 5) is 55.7. The molecule has 0 aliphatic heterocycles. The second-order valence-corrected chi connectivity index (χ2v) is 10.2. The molecule has 210 valence electrons. The number of phenolic OH excluding ortho intramolecular Hbond substituents is 4. The number of rotatable bonds is 3. The number of carbonyl (C=O) groups excluding carboxylic acids is 4. The summed E-state index contributed by atoms with van der Waals surface area (Å²) < 4.78 is 11.1. The molecule has 10 nitrogen and oxygen atoms in total. The monoisotopic (exact) mass is 566 g/mol. The number of aromatic hydroxyl groups is 4. The molecular formula is C32H22O10. The van der Waals surface area contributed by atoms with E-state index in [0.29, 0.717) is 11.1 Å². The predicted molar refractivity (Wildman–Crippen MR) is 148 cm³/mol. The van der Waals surface area contributed by atoms with Crippen LogP contribution in [-0.2, 0) is 0 Å². The van der Waals surface area contributed by atoms with Crippen LogP contribution in [0.4, 0.5) is 0 Å². The minimum Gasteiger partial charge on any atom is -0.507 e. The summed E-state index contributed by atoms with van der Waals surface area (Å²) in [6, 6.07) is 7.61. The van der Waals surface area contributed by atoms with Gasteiger partial charge in [-0.25, -0.2) is 0 Å². The predicted octanol–water partition coefficient (Wildman–Crippen LogP) is 4.36. The number of aryl methyl sites for hydroxylation is 2. The van der Waals surface area contributed by atoms with E-state index in [-0.39, 0.29) is 56.0 Å². The van der Waals surface area contributed by atoms with Gasteiger partial charge in [-0.15, -0.1) is 0 Å². The normalized spacial score (nSPS) is 13.3. The van der Waals surface area contributed by atoms with Crippen molar-refractivity contribution < 1.29 is 49.1 Å². The van der Waals surface area contributed by atoms with E-state index < -0.39 is 57.3 Å². The number of benzene rings is 4. The van der Waals surface area contributed by atoms with Crippen molar-refractivity contribution in [2.75, 3.05) is 14.2 Å². The van der Waals surface area contributed by atoms with Gasteiger partial charge in [0.15, 0.2) is 11.6 Å². The summed E-state index contributed by atoms with van der Waals surface area (Å²) in [5, 5.41) is 43.0. The molecule has 0 radical (unpaired) electrons. The van der Waals surface area contributed by atoms with Crippen molar-refractivity contribution in [3.8, 4) is 45.6 Å². The maximum Gasteiger partial charge on any atom is 0.201 e. The minimum absolute atomic E-state index is 0.140. The molecule has 4 aromatic carbocycles. The van der Waals surface area contributed by atoms with Crippen molar-refractivity contribution in [1.29, 1.82) is 0 Å². The van der Waals surface area contributed by atoms with Gasteiger partial charge in [0.2, 0.25) is 11.6 Å². The molecule has 2 aliphatic carbocycles. The number of ether oxygens (including phenoxy) is 2. The second-order valence-electron chi connectivity index (χ2n) is 10.2. The quantitative estimate of drug-likeness (QED) is 0.242. The van der Waals surface area contributed by atoms with E-state index in [1.165, 1.54) is 38.5 Å². The van der Waals surface area contributed by atoms with Crippen LogP contribution in [0, 0.1) is 13.8 Å². The molecule has 0 fully saturated rings. The summed E-state index contributed by atoms with van der Waals surface area (Å²) in [5.74, 6) is -5.64.